The van der Waals surface area contributed by atoms with Crippen molar-refractivity contribution < 1.29 is 4.79 Å². The Balaban J connectivity index is 2.02. The number of benzene rings is 1. The molecule has 0 aliphatic rings. The zero-order chi connectivity index (χ0) is 14.5. The Morgan fingerprint density at radius 2 is 2.25 bits per heavy atom. The lowest BCUT2D eigenvalue weighted by molar-refractivity contribution is -0.118. The molecule has 1 amide bonds. The first kappa shape index (κ1) is 15.1. The molecule has 0 atom stereocenters. The van der Waals surface area contributed by atoms with E-state index in [2.05, 4.69) is 20.8 Å². The summed E-state index contributed by atoms with van der Waals surface area (Å²) in [7, 11) is 1.61. The maximum absolute atomic E-state index is 11.2. The van der Waals surface area contributed by atoms with Crippen LogP contribution in [0, 0.1) is 6.92 Å². The summed E-state index contributed by atoms with van der Waals surface area (Å²) < 4.78 is 0.746. The topological polar surface area (TPSA) is 66.9 Å². The summed E-state index contributed by atoms with van der Waals surface area (Å²) in [5.74, 6) is 0.298. The smallest absolute Gasteiger partial charge is 0.230 e. The highest BCUT2D eigenvalue weighted by molar-refractivity contribution is 8.01. The van der Waals surface area contributed by atoms with Crippen LogP contribution in [0.15, 0.2) is 22.5 Å². The quantitative estimate of drug-likeness (QED) is 0.826. The minimum absolute atomic E-state index is 0.0367. The third kappa shape index (κ3) is 3.84. The van der Waals surface area contributed by atoms with Gasteiger partial charge in [-0.15, -0.1) is 10.2 Å². The fourth-order valence-corrected chi connectivity index (χ4v) is 3.19. The summed E-state index contributed by atoms with van der Waals surface area (Å²) in [5.41, 5.74) is 1.86. The number of carbonyl (C=O) groups excluding carboxylic acids is 1. The highest BCUT2D eigenvalue weighted by Gasteiger charge is 2.09. The molecule has 8 heteroatoms. The summed E-state index contributed by atoms with van der Waals surface area (Å²) in [4.78, 5) is 11.2. The number of nitrogens with one attached hydrogen (secondary N) is 2. The van der Waals surface area contributed by atoms with E-state index < -0.39 is 0 Å². The number of thioether (sulfide) groups is 1. The molecule has 0 fully saturated rings. The lowest BCUT2D eigenvalue weighted by Gasteiger charge is -2.06. The number of hydrogen-bond donors (Lipinski definition) is 2. The molecule has 1 heterocycles. The van der Waals surface area contributed by atoms with Crippen molar-refractivity contribution in [3.05, 3.63) is 28.8 Å². The molecule has 106 valence electrons. The van der Waals surface area contributed by atoms with Gasteiger partial charge in [-0.3, -0.25) is 4.79 Å². The molecule has 2 N–H and O–H groups in total. The molecule has 0 bridgehead atoms. The first-order chi connectivity index (χ1) is 9.60. The SMILES string of the molecule is CNC(=O)CSc1nnc(Nc2cccc(Cl)c2C)s1. The van der Waals surface area contributed by atoms with Crippen molar-refractivity contribution in [3.63, 3.8) is 0 Å². The zero-order valence-electron chi connectivity index (χ0n) is 10.9. The lowest BCUT2D eigenvalue weighted by Crippen LogP contribution is -2.19. The molecule has 20 heavy (non-hydrogen) atoms. The molecule has 0 spiro atoms. The molecule has 5 nitrogen and oxygen atoms in total. The van der Waals surface area contributed by atoms with E-state index in [9.17, 15) is 4.79 Å². The molecule has 0 unspecified atom stereocenters. The van der Waals surface area contributed by atoms with Crippen molar-refractivity contribution in [3.8, 4) is 0 Å². The maximum atomic E-state index is 11.2. The van der Waals surface area contributed by atoms with Crippen LogP contribution in [0.2, 0.25) is 5.02 Å². The van der Waals surface area contributed by atoms with Crippen LogP contribution in [0.5, 0.6) is 0 Å². The lowest BCUT2D eigenvalue weighted by atomic mass is 10.2. The summed E-state index contributed by atoms with van der Waals surface area (Å²) in [6.45, 7) is 1.94. The van der Waals surface area contributed by atoms with Gasteiger partial charge in [-0.1, -0.05) is 40.8 Å². The fourth-order valence-electron chi connectivity index (χ4n) is 1.38. The summed E-state index contributed by atoms with van der Waals surface area (Å²) in [5, 5.41) is 15.2. The molecule has 2 aromatic rings. The Labute approximate surface area is 130 Å². The zero-order valence-corrected chi connectivity index (χ0v) is 13.3. The van der Waals surface area contributed by atoms with Gasteiger partial charge in [0.2, 0.25) is 11.0 Å². The van der Waals surface area contributed by atoms with Gasteiger partial charge in [-0.2, -0.15) is 0 Å². The first-order valence-corrected chi connectivity index (χ1v) is 7.97. The summed E-state index contributed by atoms with van der Waals surface area (Å²) in [6.07, 6.45) is 0. The number of anilines is 2. The van der Waals surface area contributed by atoms with Crippen LogP contribution in [0.25, 0.3) is 0 Å². The van der Waals surface area contributed by atoms with Crippen molar-refractivity contribution in [1.29, 1.82) is 0 Å². The van der Waals surface area contributed by atoms with Crippen molar-refractivity contribution in [2.45, 2.75) is 11.3 Å². The van der Waals surface area contributed by atoms with E-state index in [4.69, 9.17) is 11.6 Å². The molecular weight excluding hydrogens is 316 g/mol. The van der Waals surface area contributed by atoms with Gasteiger partial charge in [0.1, 0.15) is 0 Å². The van der Waals surface area contributed by atoms with Gasteiger partial charge in [0.25, 0.3) is 0 Å². The third-order valence-electron chi connectivity index (χ3n) is 2.52. The Hall–Kier alpha value is -1.31. The first-order valence-electron chi connectivity index (χ1n) is 5.79. The highest BCUT2D eigenvalue weighted by Crippen LogP contribution is 2.30. The molecule has 0 aliphatic carbocycles. The summed E-state index contributed by atoms with van der Waals surface area (Å²) in [6, 6.07) is 5.65. The maximum Gasteiger partial charge on any atom is 0.230 e. The van der Waals surface area contributed by atoms with Crippen molar-refractivity contribution in [2.75, 3.05) is 18.1 Å². The Morgan fingerprint density at radius 1 is 1.45 bits per heavy atom. The van der Waals surface area contributed by atoms with Crippen LogP contribution in [0.3, 0.4) is 0 Å². The van der Waals surface area contributed by atoms with E-state index in [0.29, 0.717) is 15.9 Å². The van der Waals surface area contributed by atoms with E-state index in [1.807, 2.05) is 25.1 Å². The molecule has 0 aliphatic heterocycles. The average Bonchev–Trinajstić information content (AvgIpc) is 2.89. The standard InChI is InChI=1S/C12H13ClN4OS2/c1-7-8(13)4-3-5-9(7)15-11-16-17-12(20-11)19-6-10(18)14-2/h3-5H,6H2,1-2H3,(H,14,18)(H,15,16). The molecule has 0 saturated carbocycles. The van der Waals surface area contributed by atoms with E-state index in [0.717, 1.165) is 15.6 Å². The van der Waals surface area contributed by atoms with E-state index in [1.54, 1.807) is 7.05 Å². The Bertz CT molecular complexity index is 617. The van der Waals surface area contributed by atoms with Crippen LogP contribution >= 0.6 is 34.7 Å². The van der Waals surface area contributed by atoms with Gasteiger partial charge in [0.15, 0.2) is 4.34 Å². The van der Waals surface area contributed by atoms with Crippen molar-refractivity contribution >= 4 is 51.4 Å². The second-order valence-corrected chi connectivity index (χ2v) is 6.48. The van der Waals surface area contributed by atoms with Gasteiger partial charge in [-0.05, 0) is 24.6 Å². The van der Waals surface area contributed by atoms with E-state index in [1.165, 1.54) is 23.1 Å². The van der Waals surface area contributed by atoms with Crippen LogP contribution in [0.1, 0.15) is 5.56 Å². The molecule has 0 saturated heterocycles. The summed E-state index contributed by atoms with van der Waals surface area (Å²) >= 11 is 8.82. The van der Waals surface area contributed by atoms with Crippen molar-refractivity contribution in [2.24, 2.45) is 0 Å². The number of carbonyl (C=O) groups is 1. The number of halogens is 1. The van der Waals surface area contributed by atoms with Gasteiger partial charge >= 0.3 is 0 Å². The molecule has 2 rings (SSSR count). The van der Waals surface area contributed by atoms with E-state index in [-0.39, 0.29) is 5.91 Å². The molecular formula is C12H13ClN4OS2. The minimum Gasteiger partial charge on any atom is -0.358 e. The fraction of sp³-hybridized carbons (Fsp3) is 0.250. The Morgan fingerprint density at radius 3 is 3.00 bits per heavy atom. The number of nitrogens with zero attached hydrogens (tertiary/aromatic N) is 2. The van der Waals surface area contributed by atoms with E-state index >= 15 is 0 Å². The van der Waals surface area contributed by atoms with Gasteiger partial charge in [-0.25, -0.2) is 0 Å². The van der Waals surface area contributed by atoms with Crippen LogP contribution in [0.4, 0.5) is 10.8 Å². The number of amides is 1. The molecule has 1 aromatic heterocycles. The van der Waals surface area contributed by atoms with Crippen LogP contribution in [-0.4, -0.2) is 28.9 Å². The Kier molecular flexibility index (Phi) is 5.22. The minimum atomic E-state index is -0.0367. The predicted octanol–water partition coefficient (Wildman–Crippen LogP) is 3.08. The normalized spacial score (nSPS) is 10.3. The monoisotopic (exact) mass is 328 g/mol. The predicted molar refractivity (Wildman–Crippen MR) is 84.2 cm³/mol. The van der Waals surface area contributed by atoms with Crippen LogP contribution < -0.4 is 10.6 Å². The number of hydrogen-bond acceptors (Lipinski definition) is 6. The second kappa shape index (κ2) is 6.92. The number of aromatic nitrogens is 2. The van der Waals surface area contributed by atoms with Crippen LogP contribution in [-0.2, 0) is 4.79 Å². The van der Waals surface area contributed by atoms with Gasteiger partial charge < -0.3 is 10.6 Å². The number of rotatable bonds is 5. The highest BCUT2D eigenvalue weighted by atomic mass is 35.5. The second-order valence-electron chi connectivity index (χ2n) is 3.87. The molecule has 0 radical (unpaired) electrons. The average molecular weight is 329 g/mol. The van der Waals surface area contributed by atoms with Gasteiger partial charge in [0, 0.05) is 17.8 Å². The van der Waals surface area contributed by atoms with Gasteiger partial charge in [0.05, 0.1) is 5.75 Å². The largest absolute Gasteiger partial charge is 0.358 e. The third-order valence-corrected chi connectivity index (χ3v) is 4.90. The molecule has 1 aromatic carbocycles. The van der Waals surface area contributed by atoms with Crippen molar-refractivity contribution in [1.82, 2.24) is 15.5 Å².